The number of ether oxygens (including phenoxy) is 1. The van der Waals surface area contributed by atoms with Crippen molar-refractivity contribution in [2.75, 3.05) is 12.4 Å². The van der Waals surface area contributed by atoms with Crippen molar-refractivity contribution in [2.45, 2.75) is 44.8 Å². The van der Waals surface area contributed by atoms with Crippen LogP contribution in [0.15, 0.2) is 0 Å². The van der Waals surface area contributed by atoms with Gasteiger partial charge in [-0.25, -0.2) is 4.68 Å². The Hall–Kier alpha value is -1.63. The molecule has 0 amide bonds. The molecule has 1 aliphatic rings. The minimum atomic E-state index is -0.374. The van der Waals surface area contributed by atoms with Crippen LogP contribution in [-0.2, 0) is 11.8 Å². The monoisotopic (exact) mass is 268 g/mol. The van der Waals surface area contributed by atoms with Gasteiger partial charge in [0.2, 0.25) is 5.82 Å². The zero-order chi connectivity index (χ0) is 14.0. The first-order chi connectivity index (χ1) is 9.02. The number of hydrogen-bond acceptors (Lipinski definition) is 5. The van der Waals surface area contributed by atoms with E-state index in [0.717, 1.165) is 25.7 Å². The number of anilines is 1. The maximum atomic E-state index is 11.1. The van der Waals surface area contributed by atoms with Gasteiger partial charge in [-0.3, -0.25) is 10.1 Å². The number of hydrogen-bond donors (Lipinski definition) is 1. The molecular formula is C12H20N4O3. The first-order valence-corrected chi connectivity index (χ1v) is 6.50. The van der Waals surface area contributed by atoms with E-state index in [9.17, 15) is 10.1 Å². The fourth-order valence-corrected chi connectivity index (χ4v) is 2.71. The second-order valence-corrected chi connectivity index (χ2v) is 5.03. The van der Waals surface area contributed by atoms with Crippen molar-refractivity contribution in [3.63, 3.8) is 0 Å². The molecule has 106 valence electrons. The molecule has 0 radical (unpaired) electrons. The van der Waals surface area contributed by atoms with Crippen LogP contribution in [0.1, 0.15) is 31.4 Å². The molecule has 1 heterocycles. The Morgan fingerprint density at radius 3 is 2.89 bits per heavy atom. The van der Waals surface area contributed by atoms with Gasteiger partial charge < -0.3 is 10.1 Å². The average molecular weight is 268 g/mol. The highest BCUT2D eigenvalue weighted by atomic mass is 16.6. The molecule has 2 unspecified atom stereocenters. The summed E-state index contributed by atoms with van der Waals surface area (Å²) in [7, 11) is 3.43. The molecule has 0 bridgehead atoms. The molecule has 2 atom stereocenters. The van der Waals surface area contributed by atoms with Crippen LogP contribution in [0, 0.1) is 17.0 Å². The van der Waals surface area contributed by atoms with Crippen LogP contribution in [0.3, 0.4) is 0 Å². The highest BCUT2D eigenvalue weighted by Crippen LogP contribution is 2.31. The summed E-state index contributed by atoms with van der Waals surface area (Å²) in [6, 6.07) is 0.201. The maximum absolute atomic E-state index is 11.1. The Bertz CT molecular complexity index is 472. The molecule has 0 aromatic carbocycles. The van der Waals surface area contributed by atoms with Crippen molar-refractivity contribution in [2.24, 2.45) is 7.05 Å². The SMILES string of the molecule is COC1CCCC(Nc2c([N+](=O)[O-])c(C)nn2C)C1. The van der Waals surface area contributed by atoms with Crippen molar-refractivity contribution >= 4 is 11.5 Å². The van der Waals surface area contributed by atoms with Crippen molar-refractivity contribution in [1.29, 1.82) is 0 Å². The summed E-state index contributed by atoms with van der Waals surface area (Å²) >= 11 is 0. The molecule has 2 rings (SSSR count). The number of methoxy groups -OCH3 is 1. The van der Waals surface area contributed by atoms with Gasteiger partial charge in [-0.1, -0.05) is 0 Å². The van der Waals surface area contributed by atoms with Gasteiger partial charge in [-0.05, 0) is 32.6 Å². The standard InChI is InChI=1S/C12H20N4O3/c1-8-11(16(17)18)12(15(2)14-8)13-9-5-4-6-10(7-9)19-3/h9-10,13H,4-7H2,1-3H3. The summed E-state index contributed by atoms with van der Waals surface area (Å²) in [6.45, 7) is 1.65. The molecule has 1 aromatic rings. The summed E-state index contributed by atoms with van der Waals surface area (Å²) in [5.74, 6) is 0.490. The predicted molar refractivity (Wildman–Crippen MR) is 71.3 cm³/mol. The second-order valence-electron chi connectivity index (χ2n) is 5.03. The third kappa shape index (κ3) is 2.86. The summed E-state index contributed by atoms with van der Waals surface area (Å²) in [5, 5.41) is 18.5. The largest absolute Gasteiger partial charge is 0.381 e. The minimum absolute atomic E-state index is 0.0713. The van der Waals surface area contributed by atoms with Crippen LogP contribution >= 0.6 is 0 Å². The highest BCUT2D eigenvalue weighted by Gasteiger charge is 2.28. The average Bonchev–Trinajstić information content (AvgIpc) is 2.64. The third-order valence-corrected chi connectivity index (χ3v) is 3.67. The van der Waals surface area contributed by atoms with Gasteiger partial charge in [0.05, 0.1) is 11.0 Å². The second kappa shape index (κ2) is 5.56. The van der Waals surface area contributed by atoms with E-state index in [4.69, 9.17) is 4.74 Å². The van der Waals surface area contributed by atoms with Gasteiger partial charge in [0.1, 0.15) is 5.69 Å². The van der Waals surface area contributed by atoms with Crippen molar-refractivity contribution in [3.05, 3.63) is 15.8 Å². The van der Waals surface area contributed by atoms with E-state index in [2.05, 4.69) is 10.4 Å². The van der Waals surface area contributed by atoms with E-state index in [1.54, 1.807) is 25.8 Å². The molecule has 1 aliphatic carbocycles. The van der Waals surface area contributed by atoms with Gasteiger partial charge in [-0.2, -0.15) is 5.10 Å². The summed E-state index contributed by atoms with van der Waals surface area (Å²) < 4.78 is 6.92. The highest BCUT2D eigenvalue weighted by molar-refractivity contribution is 5.59. The first-order valence-electron chi connectivity index (χ1n) is 6.50. The summed E-state index contributed by atoms with van der Waals surface area (Å²) in [4.78, 5) is 10.7. The minimum Gasteiger partial charge on any atom is -0.381 e. The lowest BCUT2D eigenvalue weighted by atomic mass is 9.93. The van der Waals surface area contributed by atoms with E-state index < -0.39 is 0 Å². The molecular weight excluding hydrogens is 248 g/mol. The Kier molecular flexibility index (Phi) is 4.04. The fraction of sp³-hybridized carbons (Fsp3) is 0.750. The zero-order valence-electron chi connectivity index (χ0n) is 11.5. The van der Waals surface area contributed by atoms with Gasteiger partial charge in [-0.15, -0.1) is 0 Å². The van der Waals surface area contributed by atoms with E-state index in [1.807, 2.05) is 0 Å². The van der Waals surface area contributed by atoms with Gasteiger partial charge in [0.25, 0.3) is 0 Å². The van der Waals surface area contributed by atoms with Crippen LogP contribution in [-0.4, -0.2) is 34.0 Å². The Balaban J connectivity index is 2.16. The molecule has 0 spiro atoms. The quantitative estimate of drug-likeness (QED) is 0.667. The molecule has 1 saturated carbocycles. The van der Waals surface area contributed by atoms with Crippen molar-refractivity contribution in [1.82, 2.24) is 9.78 Å². The summed E-state index contributed by atoms with van der Waals surface area (Å²) in [5.41, 5.74) is 0.510. The van der Waals surface area contributed by atoms with Crippen molar-refractivity contribution < 1.29 is 9.66 Å². The Morgan fingerprint density at radius 1 is 1.53 bits per heavy atom. The molecule has 1 N–H and O–H groups in total. The molecule has 7 nitrogen and oxygen atoms in total. The zero-order valence-corrected chi connectivity index (χ0v) is 11.5. The fourth-order valence-electron chi connectivity index (χ4n) is 2.71. The Labute approximate surface area is 112 Å². The van der Waals surface area contributed by atoms with E-state index >= 15 is 0 Å². The van der Waals surface area contributed by atoms with Crippen LogP contribution in [0.25, 0.3) is 0 Å². The molecule has 0 saturated heterocycles. The molecule has 1 aromatic heterocycles. The van der Waals surface area contributed by atoms with Crippen molar-refractivity contribution in [3.8, 4) is 0 Å². The summed E-state index contributed by atoms with van der Waals surface area (Å²) in [6.07, 6.45) is 4.24. The number of nitro groups is 1. The number of aryl methyl sites for hydroxylation is 2. The number of aromatic nitrogens is 2. The maximum Gasteiger partial charge on any atom is 0.333 e. The lowest BCUT2D eigenvalue weighted by Gasteiger charge is -2.29. The molecule has 19 heavy (non-hydrogen) atoms. The smallest absolute Gasteiger partial charge is 0.333 e. The van der Waals surface area contributed by atoms with Crippen LogP contribution < -0.4 is 5.32 Å². The van der Waals surface area contributed by atoms with E-state index in [0.29, 0.717) is 11.5 Å². The number of nitrogens with zero attached hydrogens (tertiary/aromatic N) is 3. The van der Waals surface area contributed by atoms with Crippen LogP contribution in [0.2, 0.25) is 0 Å². The predicted octanol–water partition coefficient (Wildman–Crippen LogP) is 2.01. The lowest BCUT2D eigenvalue weighted by Crippen LogP contribution is -2.31. The van der Waals surface area contributed by atoms with E-state index in [1.165, 1.54) is 0 Å². The van der Waals surface area contributed by atoms with Gasteiger partial charge in [0, 0.05) is 20.2 Å². The molecule has 1 fully saturated rings. The Morgan fingerprint density at radius 2 is 2.26 bits per heavy atom. The third-order valence-electron chi connectivity index (χ3n) is 3.67. The molecule has 7 heteroatoms. The number of rotatable bonds is 4. The van der Waals surface area contributed by atoms with Gasteiger partial charge in [0.15, 0.2) is 0 Å². The molecule has 0 aliphatic heterocycles. The van der Waals surface area contributed by atoms with Crippen LogP contribution in [0.4, 0.5) is 11.5 Å². The first kappa shape index (κ1) is 13.8. The van der Waals surface area contributed by atoms with E-state index in [-0.39, 0.29) is 22.8 Å². The van der Waals surface area contributed by atoms with Gasteiger partial charge >= 0.3 is 5.69 Å². The normalized spacial score (nSPS) is 23.3. The lowest BCUT2D eigenvalue weighted by molar-refractivity contribution is -0.384. The number of nitrogens with one attached hydrogen (secondary N) is 1. The topological polar surface area (TPSA) is 82.2 Å². The van der Waals surface area contributed by atoms with Crippen LogP contribution in [0.5, 0.6) is 0 Å².